The van der Waals surface area contributed by atoms with Crippen LogP contribution in [0.2, 0.25) is 0 Å². The summed E-state index contributed by atoms with van der Waals surface area (Å²) in [6.07, 6.45) is 5.37. The van der Waals surface area contributed by atoms with Gasteiger partial charge in [0.25, 0.3) is 5.91 Å². The first kappa shape index (κ1) is 14.1. The number of aromatic nitrogens is 2. The molecule has 1 aromatic heterocycles. The summed E-state index contributed by atoms with van der Waals surface area (Å²) in [7, 11) is 4.14. The highest BCUT2D eigenvalue weighted by molar-refractivity contribution is 5.92. The van der Waals surface area contributed by atoms with Gasteiger partial charge in [0.15, 0.2) is 0 Å². The van der Waals surface area contributed by atoms with Crippen molar-refractivity contribution in [2.75, 3.05) is 14.1 Å². The van der Waals surface area contributed by atoms with Gasteiger partial charge in [0.2, 0.25) is 0 Å². The third-order valence-corrected chi connectivity index (χ3v) is 3.84. The standard InChI is InChI=1S/C14H24N4O/c1-4-6-10-9-12(17-16-10)14(19)15-11-7-5-8-13(11)18(2)3/h9,11,13H,4-8H2,1-3H3,(H,15,19)(H,16,17)/t11-,13-/m1/s1. The van der Waals surface area contributed by atoms with Gasteiger partial charge >= 0.3 is 0 Å². The van der Waals surface area contributed by atoms with Gasteiger partial charge in [0.1, 0.15) is 5.69 Å². The summed E-state index contributed by atoms with van der Waals surface area (Å²) >= 11 is 0. The summed E-state index contributed by atoms with van der Waals surface area (Å²) in [5, 5.41) is 10.1. The average Bonchev–Trinajstić information content (AvgIpc) is 2.98. The van der Waals surface area contributed by atoms with Crippen LogP contribution in [0.1, 0.15) is 48.8 Å². The second-order valence-electron chi connectivity index (χ2n) is 5.57. The maximum absolute atomic E-state index is 12.2. The fourth-order valence-electron chi connectivity index (χ4n) is 2.84. The van der Waals surface area contributed by atoms with E-state index in [-0.39, 0.29) is 11.9 Å². The van der Waals surface area contributed by atoms with Crippen LogP contribution in [0.25, 0.3) is 0 Å². The number of H-pyrrole nitrogens is 1. The Labute approximate surface area is 114 Å². The maximum atomic E-state index is 12.2. The molecule has 1 amide bonds. The molecule has 2 atom stereocenters. The molecule has 1 aliphatic carbocycles. The molecule has 19 heavy (non-hydrogen) atoms. The van der Waals surface area contributed by atoms with Crippen LogP contribution < -0.4 is 5.32 Å². The quantitative estimate of drug-likeness (QED) is 0.848. The molecule has 1 saturated carbocycles. The zero-order valence-corrected chi connectivity index (χ0v) is 12.1. The van der Waals surface area contributed by atoms with Crippen molar-refractivity contribution in [3.8, 4) is 0 Å². The monoisotopic (exact) mass is 264 g/mol. The summed E-state index contributed by atoms with van der Waals surface area (Å²) in [4.78, 5) is 14.4. The minimum atomic E-state index is -0.0580. The van der Waals surface area contributed by atoms with E-state index in [9.17, 15) is 4.79 Å². The largest absolute Gasteiger partial charge is 0.346 e. The van der Waals surface area contributed by atoms with Crippen molar-refractivity contribution in [1.82, 2.24) is 20.4 Å². The Morgan fingerprint density at radius 1 is 1.53 bits per heavy atom. The smallest absolute Gasteiger partial charge is 0.272 e. The van der Waals surface area contributed by atoms with E-state index >= 15 is 0 Å². The predicted molar refractivity (Wildman–Crippen MR) is 75.2 cm³/mol. The van der Waals surface area contributed by atoms with E-state index in [0.29, 0.717) is 11.7 Å². The number of rotatable bonds is 5. The van der Waals surface area contributed by atoms with Crippen LogP contribution in [0.4, 0.5) is 0 Å². The van der Waals surface area contributed by atoms with Gasteiger partial charge in [-0.25, -0.2) is 0 Å². The van der Waals surface area contributed by atoms with Crippen molar-refractivity contribution in [2.45, 2.75) is 51.1 Å². The molecule has 0 unspecified atom stereocenters. The van der Waals surface area contributed by atoms with Gasteiger partial charge in [-0.05, 0) is 45.8 Å². The van der Waals surface area contributed by atoms with Gasteiger partial charge in [-0.1, -0.05) is 13.3 Å². The van der Waals surface area contributed by atoms with Crippen LogP contribution in [0.15, 0.2) is 6.07 Å². The van der Waals surface area contributed by atoms with Gasteiger partial charge in [0, 0.05) is 17.8 Å². The Balaban J connectivity index is 1.96. The van der Waals surface area contributed by atoms with Gasteiger partial charge < -0.3 is 10.2 Å². The topological polar surface area (TPSA) is 61.0 Å². The fraction of sp³-hybridized carbons (Fsp3) is 0.714. The van der Waals surface area contributed by atoms with E-state index in [1.165, 1.54) is 6.42 Å². The van der Waals surface area contributed by atoms with E-state index in [1.54, 1.807) is 0 Å². The zero-order valence-electron chi connectivity index (χ0n) is 12.1. The molecule has 0 radical (unpaired) electrons. The van der Waals surface area contributed by atoms with Crippen LogP contribution in [0.3, 0.4) is 0 Å². The molecule has 1 heterocycles. The molecule has 5 nitrogen and oxygen atoms in total. The number of nitrogens with one attached hydrogen (secondary N) is 2. The zero-order chi connectivity index (χ0) is 13.8. The maximum Gasteiger partial charge on any atom is 0.272 e. The lowest BCUT2D eigenvalue weighted by atomic mass is 10.1. The summed E-state index contributed by atoms with van der Waals surface area (Å²) in [6, 6.07) is 2.55. The lowest BCUT2D eigenvalue weighted by Gasteiger charge is -2.26. The molecular formula is C14H24N4O. The van der Waals surface area contributed by atoms with E-state index in [4.69, 9.17) is 0 Å². The number of carbonyl (C=O) groups excluding carboxylic acids is 1. The molecule has 0 spiro atoms. The van der Waals surface area contributed by atoms with Crippen molar-refractivity contribution in [2.24, 2.45) is 0 Å². The van der Waals surface area contributed by atoms with Gasteiger partial charge in [-0.15, -0.1) is 0 Å². The second kappa shape index (κ2) is 6.19. The van der Waals surface area contributed by atoms with Crippen LogP contribution in [-0.4, -0.2) is 47.2 Å². The van der Waals surface area contributed by atoms with Crippen molar-refractivity contribution < 1.29 is 4.79 Å². The molecule has 2 N–H and O–H groups in total. The van der Waals surface area contributed by atoms with Gasteiger partial charge in [0.05, 0.1) is 0 Å². The molecular weight excluding hydrogens is 240 g/mol. The highest BCUT2D eigenvalue weighted by atomic mass is 16.2. The van der Waals surface area contributed by atoms with Crippen LogP contribution in [-0.2, 0) is 6.42 Å². The van der Waals surface area contributed by atoms with Crippen LogP contribution >= 0.6 is 0 Å². The molecule has 5 heteroatoms. The Kier molecular flexibility index (Phi) is 4.58. The summed E-state index contributed by atoms with van der Waals surface area (Å²) in [5.41, 5.74) is 1.54. The molecule has 2 rings (SSSR count). The minimum Gasteiger partial charge on any atom is -0.346 e. The Morgan fingerprint density at radius 2 is 2.32 bits per heavy atom. The molecule has 0 bridgehead atoms. The first-order valence-corrected chi connectivity index (χ1v) is 7.13. The van der Waals surface area contributed by atoms with Crippen molar-refractivity contribution in [3.05, 3.63) is 17.5 Å². The normalized spacial score (nSPS) is 22.9. The molecule has 1 fully saturated rings. The lowest BCUT2D eigenvalue weighted by molar-refractivity contribution is 0.0914. The van der Waals surface area contributed by atoms with E-state index in [2.05, 4.69) is 41.4 Å². The number of likely N-dealkylation sites (N-methyl/N-ethyl adjacent to an activating group) is 1. The minimum absolute atomic E-state index is 0.0580. The SMILES string of the molecule is CCCc1cc(C(=O)N[C@@H]2CCC[C@H]2N(C)C)n[nH]1. The average molecular weight is 264 g/mol. The Hall–Kier alpha value is -1.36. The number of aryl methyl sites for hydroxylation is 1. The number of amides is 1. The fourth-order valence-corrected chi connectivity index (χ4v) is 2.84. The number of aromatic amines is 1. The number of hydrogen-bond acceptors (Lipinski definition) is 3. The first-order valence-electron chi connectivity index (χ1n) is 7.13. The van der Waals surface area contributed by atoms with Crippen molar-refractivity contribution in [3.63, 3.8) is 0 Å². The summed E-state index contributed by atoms with van der Waals surface area (Å²) < 4.78 is 0. The van der Waals surface area contributed by atoms with Gasteiger partial charge in [-0.2, -0.15) is 5.10 Å². The third kappa shape index (κ3) is 3.35. The second-order valence-corrected chi connectivity index (χ2v) is 5.57. The molecule has 0 saturated heterocycles. The summed E-state index contributed by atoms with van der Waals surface area (Å²) in [6.45, 7) is 2.11. The van der Waals surface area contributed by atoms with E-state index < -0.39 is 0 Å². The van der Waals surface area contributed by atoms with Crippen LogP contribution in [0, 0.1) is 0 Å². The molecule has 1 aromatic rings. The molecule has 106 valence electrons. The van der Waals surface area contributed by atoms with Crippen molar-refractivity contribution in [1.29, 1.82) is 0 Å². The van der Waals surface area contributed by atoms with E-state index in [0.717, 1.165) is 31.4 Å². The summed E-state index contributed by atoms with van der Waals surface area (Å²) in [5.74, 6) is -0.0580. The molecule has 1 aliphatic rings. The highest BCUT2D eigenvalue weighted by Gasteiger charge is 2.30. The number of carbonyl (C=O) groups is 1. The molecule has 0 aromatic carbocycles. The van der Waals surface area contributed by atoms with Gasteiger partial charge in [-0.3, -0.25) is 9.89 Å². The first-order chi connectivity index (χ1) is 9.11. The predicted octanol–water partition coefficient (Wildman–Crippen LogP) is 1.57. The lowest BCUT2D eigenvalue weighted by Crippen LogP contribution is -2.46. The third-order valence-electron chi connectivity index (χ3n) is 3.84. The Bertz CT molecular complexity index is 427. The van der Waals surface area contributed by atoms with E-state index in [1.807, 2.05) is 6.07 Å². The highest BCUT2D eigenvalue weighted by Crippen LogP contribution is 2.22. The molecule has 0 aliphatic heterocycles. The number of nitrogens with zero attached hydrogens (tertiary/aromatic N) is 2. The number of hydrogen-bond donors (Lipinski definition) is 2. The van der Waals surface area contributed by atoms with Crippen molar-refractivity contribution >= 4 is 5.91 Å². The van der Waals surface area contributed by atoms with Crippen LogP contribution in [0.5, 0.6) is 0 Å². The Morgan fingerprint density at radius 3 is 3.00 bits per heavy atom.